The van der Waals surface area contributed by atoms with Crippen LogP contribution in [0, 0.1) is 0 Å². The molecule has 0 aliphatic rings. The molecule has 0 aromatic rings. The Bertz CT molecular complexity index is 1030. The van der Waals surface area contributed by atoms with Crippen LogP contribution in [0.5, 0.6) is 0 Å². The van der Waals surface area contributed by atoms with E-state index in [1.807, 2.05) is 0 Å². The second-order valence-electron chi connectivity index (χ2n) is 14.4. The van der Waals surface area contributed by atoms with Crippen molar-refractivity contribution in [2.45, 2.75) is 200 Å². The van der Waals surface area contributed by atoms with E-state index in [-0.39, 0.29) is 25.2 Å². The molecule has 0 heterocycles. The van der Waals surface area contributed by atoms with Crippen LogP contribution in [0.1, 0.15) is 194 Å². The first kappa shape index (κ1) is 51.1. The van der Waals surface area contributed by atoms with Crippen molar-refractivity contribution < 1.29 is 24.2 Å². The average Bonchev–Trinajstić information content (AvgIpc) is 3.17. The molecule has 0 saturated heterocycles. The van der Waals surface area contributed by atoms with Gasteiger partial charge in [-0.15, -0.1) is 0 Å². The summed E-state index contributed by atoms with van der Waals surface area (Å²) in [6, 6.07) is 0. The Balaban J connectivity index is 3.63. The molecule has 1 N–H and O–H groups in total. The van der Waals surface area contributed by atoms with Crippen molar-refractivity contribution in [3.8, 4) is 0 Å². The van der Waals surface area contributed by atoms with Crippen LogP contribution < -0.4 is 0 Å². The molecule has 0 aliphatic carbocycles. The molecule has 0 spiro atoms. The van der Waals surface area contributed by atoms with Gasteiger partial charge < -0.3 is 14.6 Å². The van der Waals surface area contributed by atoms with Crippen LogP contribution in [0.4, 0.5) is 0 Å². The summed E-state index contributed by atoms with van der Waals surface area (Å²) in [4.78, 5) is 24.3. The number of allylic oxidation sites excluding steroid dienone is 14. The molecule has 0 aromatic carbocycles. The van der Waals surface area contributed by atoms with E-state index in [9.17, 15) is 14.7 Å². The number of ether oxygens (including phenoxy) is 2. The number of hydrogen-bond acceptors (Lipinski definition) is 5. The Morgan fingerprint density at radius 1 is 0.444 bits per heavy atom. The number of carbonyl (C=O) groups excluding carboxylic acids is 2. The highest BCUT2D eigenvalue weighted by Gasteiger charge is 2.16. The molecule has 308 valence electrons. The van der Waals surface area contributed by atoms with Crippen molar-refractivity contribution >= 4 is 11.9 Å². The Morgan fingerprint density at radius 2 is 0.796 bits per heavy atom. The van der Waals surface area contributed by atoms with Crippen LogP contribution in [-0.4, -0.2) is 36.4 Å². The highest BCUT2D eigenvalue weighted by Crippen LogP contribution is 2.14. The lowest BCUT2D eigenvalue weighted by Gasteiger charge is -2.15. The lowest BCUT2D eigenvalue weighted by atomic mass is 10.0. The van der Waals surface area contributed by atoms with E-state index >= 15 is 0 Å². The Labute approximate surface area is 333 Å². The van der Waals surface area contributed by atoms with Crippen molar-refractivity contribution in [1.82, 2.24) is 0 Å². The van der Waals surface area contributed by atoms with Crippen molar-refractivity contribution in [3.05, 3.63) is 85.1 Å². The fraction of sp³-hybridized carbons (Fsp3) is 0.673. The van der Waals surface area contributed by atoms with Gasteiger partial charge in [0.25, 0.3) is 0 Å². The number of unbranched alkanes of at least 4 members (excludes halogenated alkanes) is 17. The van der Waals surface area contributed by atoms with Crippen molar-refractivity contribution in [3.63, 3.8) is 0 Å². The minimum absolute atomic E-state index is 0.0763. The third-order valence-corrected chi connectivity index (χ3v) is 9.20. The van der Waals surface area contributed by atoms with Crippen LogP contribution in [0.15, 0.2) is 85.1 Å². The number of rotatable bonds is 39. The Kier molecular flexibility index (Phi) is 42.1. The maximum atomic E-state index is 12.2. The minimum atomic E-state index is -0.784. The fourth-order valence-electron chi connectivity index (χ4n) is 5.89. The minimum Gasteiger partial charge on any atom is -0.462 e. The van der Waals surface area contributed by atoms with E-state index < -0.39 is 6.10 Å². The predicted molar refractivity (Wildman–Crippen MR) is 233 cm³/mol. The van der Waals surface area contributed by atoms with Gasteiger partial charge in [0, 0.05) is 12.8 Å². The van der Waals surface area contributed by atoms with E-state index in [0.29, 0.717) is 12.8 Å². The second kappa shape index (κ2) is 44.5. The zero-order chi connectivity index (χ0) is 39.3. The van der Waals surface area contributed by atoms with Crippen LogP contribution >= 0.6 is 0 Å². The molecule has 1 unspecified atom stereocenters. The first-order chi connectivity index (χ1) is 26.6. The molecule has 0 fully saturated rings. The summed E-state index contributed by atoms with van der Waals surface area (Å²) in [6.07, 6.45) is 60.8. The second-order valence-corrected chi connectivity index (χ2v) is 14.4. The van der Waals surface area contributed by atoms with E-state index in [4.69, 9.17) is 9.47 Å². The van der Waals surface area contributed by atoms with Crippen LogP contribution in [0.3, 0.4) is 0 Å². The summed E-state index contributed by atoms with van der Waals surface area (Å²) >= 11 is 0. The van der Waals surface area contributed by atoms with Crippen LogP contribution in [0.25, 0.3) is 0 Å². The molecule has 0 saturated carbocycles. The number of hydrogen-bond donors (Lipinski definition) is 1. The van der Waals surface area contributed by atoms with Crippen LogP contribution in [0.2, 0.25) is 0 Å². The van der Waals surface area contributed by atoms with Gasteiger partial charge in [0.2, 0.25) is 0 Å². The topological polar surface area (TPSA) is 72.8 Å². The number of esters is 2. The third-order valence-electron chi connectivity index (χ3n) is 9.20. The highest BCUT2D eigenvalue weighted by atomic mass is 16.6. The van der Waals surface area contributed by atoms with Gasteiger partial charge in [0.05, 0.1) is 6.61 Å². The first-order valence-corrected chi connectivity index (χ1v) is 22.1. The lowest BCUT2D eigenvalue weighted by Crippen LogP contribution is -2.28. The van der Waals surface area contributed by atoms with Crippen molar-refractivity contribution in [2.75, 3.05) is 13.2 Å². The highest BCUT2D eigenvalue weighted by molar-refractivity contribution is 5.70. The molecule has 0 aliphatic heterocycles. The summed E-state index contributed by atoms with van der Waals surface area (Å²) in [5.41, 5.74) is 0. The van der Waals surface area contributed by atoms with Gasteiger partial charge in [0.1, 0.15) is 6.61 Å². The molecule has 0 radical (unpaired) electrons. The van der Waals surface area contributed by atoms with E-state index in [0.717, 1.165) is 103 Å². The first-order valence-electron chi connectivity index (χ1n) is 22.1. The predicted octanol–water partition coefficient (Wildman–Crippen LogP) is 14.3. The quantitative estimate of drug-likeness (QED) is 0.0385. The molecule has 0 rings (SSSR count). The maximum absolute atomic E-state index is 12.2. The van der Waals surface area contributed by atoms with Gasteiger partial charge in [-0.3, -0.25) is 9.59 Å². The van der Waals surface area contributed by atoms with Gasteiger partial charge in [-0.1, -0.05) is 195 Å². The molecular formula is C49H82O5. The van der Waals surface area contributed by atoms with Gasteiger partial charge in [0.15, 0.2) is 6.10 Å². The molecule has 5 nitrogen and oxygen atoms in total. The molecule has 0 bridgehead atoms. The SMILES string of the molecule is CC/C=C\C/C=C\C/C=C\C/C=C\C/C=C\C/C=C\C/C=C\CCCCCCCC(=O)OC(CO)COC(=O)CCCCCCCCCCCCCCC. The van der Waals surface area contributed by atoms with E-state index in [1.165, 1.54) is 64.2 Å². The van der Waals surface area contributed by atoms with Crippen molar-refractivity contribution in [1.29, 1.82) is 0 Å². The molecule has 54 heavy (non-hydrogen) atoms. The molecular weight excluding hydrogens is 669 g/mol. The van der Waals surface area contributed by atoms with Gasteiger partial charge in [-0.05, 0) is 70.6 Å². The molecule has 0 amide bonds. The summed E-state index contributed by atoms with van der Waals surface area (Å²) in [5.74, 6) is -0.616. The monoisotopic (exact) mass is 751 g/mol. The summed E-state index contributed by atoms with van der Waals surface area (Å²) in [6.45, 7) is 4.00. The summed E-state index contributed by atoms with van der Waals surface area (Å²) in [5, 5.41) is 9.57. The van der Waals surface area contributed by atoms with Gasteiger partial charge in [-0.25, -0.2) is 0 Å². The molecule has 0 aromatic heterocycles. The van der Waals surface area contributed by atoms with E-state index in [1.54, 1.807) is 0 Å². The van der Waals surface area contributed by atoms with Gasteiger partial charge >= 0.3 is 11.9 Å². The van der Waals surface area contributed by atoms with E-state index in [2.05, 4.69) is 98.9 Å². The largest absolute Gasteiger partial charge is 0.462 e. The fourth-order valence-corrected chi connectivity index (χ4v) is 5.89. The maximum Gasteiger partial charge on any atom is 0.306 e. The number of aliphatic hydroxyl groups is 1. The Morgan fingerprint density at radius 3 is 1.20 bits per heavy atom. The summed E-state index contributed by atoms with van der Waals surface area (Å²) < 4.78 is 10.6. The average molecular weight is 751 g/mol. The van der Waals surface area contributed by atoms with Gasteiger partial charge in [-0.2, -0.15) is 0 Å². The van der Waals surface area contributed by atoms with Crippen LogP contribution in [-0.2, 0) is 19.1 Å². The zero-order valence-corrected chi connectivity index (χ0v) is 35.0. The normalized spacial score (nSPS) is 13.0. The zero-order valence-electron chi connectivity index (χ0n) is 35.0. The lowest BCUT2D eigenvalue weighted by molar-refractivity contribution is -0.161. The summed E-state index contributed by atoms with van der Waals surface area (Å²) in [7, 11) is 0. The number of carbonyl (C=O) groups is 2. The smallest absolute Gasteiger partial charge is 0.306 e. The third kappa shape index (κ3) is 41.8. The van der Waals surface area contributed by atoms with Crippen molar-refractivity contribution in [2.24, 2.45) is 0 Å². The Hall–Kier alpha value is -2.92. The standard InChI is InChI=1S/C49H82O5/c1-3-5-7-9-11-13-15-17-18-19-20-21-22-23-24-25-26-27-28-29-30-32-34-36-38-40-42-44-49(52)54-47(45-50)46-53-48(51)43-41-39-37-35-33-31-16-14-12-10-8-6-4-2/h5,7,11,13,17-18,20-21,23-24,26-27,29-30,47,50H,3-4,6,8-10,12,14-16,19,22,25,28,31-46H2,1-2H3/b7-5-,13-11-,18-17-,21-20-,24-23-,27-26-,30-29-. The number of aliphatic hydroxyl groups excluding tert-OH is 1. The molecule has 5 heteroatoms. The molecule has 1 atom stereocenters.